The first-order valence-corrected chi connectivity index (χ1v) is 7.10. The van der Waals surface area contributed by atoms with E-state index in [0.29, 0.717) is 11.5 Å². The van der Waals surface area contributed by atoms with Gasteiger partial charge >= 0.3 is 0 Å². The minimum absolute atomic E-state index is 0.0238. The van der Waals surface area contributed by atoms with Crippen molar-refractivity contribution in [3.05, 3.63) is 0 Å². The van der Waals surface area contributed by atoms with Crippen LogP contribution < -0.4 is 5.32 Å². The van der Waals surface area contributed by atoms with Crippen molar-refractivity contribution in [1.82, 2.24) is 5.32 Å². The van der Waals surface area contributed by atoms with Gasteiger partial charge in [0.2, 0.25) is 0 Å². The van der Waals surface area contributed by atoms with Gasteiger partial charge in [-0.1, -0.05) is 21.9 Å². The normalized spacial score (nSPS) is 25.1. The lowest BCUT2D eigenvalue weighted by atomic mass is 10.2. The average molecular weight is 260 g/mol. The molecule has 2 atom stereocenters. The van der Waals surface area contributed by atoms with Crippen LogP contribution in [0.1, 0.15) is 13.3 Å². The van der Waals surface area contributed by atoms with Gasteiger partial charge in [0.05, 0.1) is 12.4 Å². The Morgan fingerprint density at radius 2 is 2.56 bits per heavy atom. The highest BCUT2D eigenvalue weighted by molar-refractivity contribution is 8.68. The van der Waals surface area contributed by atoms with Gasteiger partial charge in [-0.05, 0) is 12.8 Å². The van der Waals surface area contributed by atoms with Crippen molar-refractivity contribution >= 4 is 28.2 Å². The molecular formula is C10H16N2O2S2. The molecule has 1 rings (SSSR count). The lowest BCUT2D eigenvalue weighted by Gasteiger charge is -2.07. The Hall–Kier alpha value is -0.350. The average Bonchev–Trinajstić information content (AvgIpc) is 2.74. The summed E-state index contributed by atoms with van der Waals surface area (Å²) in [6, 6.07) is 0.125. The summed E-state index contributed by atoms with van der Waals surface area (Å²) in [7, 11) is 1.36. The molecule has 4 nitrogen and oxygen atoms in total. The largest absolute Gasteiger partial charge is 0.395 e. The van der Waals surface area contributed by atoms with Crippen LogP contribution in [-0.4, -0.2) is 41.9 Å². The maximum Gasteiger partial charge on any atom is 0.141 e. The molecule has 1 heterocycles. The third-order valence-corrected chi connectivity index (χ3v) is 2.97. The quantitative estimate of drug-likeness (QED) is 0.224. The van der Waals surface area contributed by atoms with E-state index in [0.717, 1.165) is 13.0 Å². The van der Waals surface area contributed by atoms with E-state index in [4.69, 9.17) is 9.94 Å². The molecule has 1 fully saturated rings. The summed E-state index contributed by atoms with van der Waals surface area (Å²) in [4.78, 5) is 5.37. The summed E-state index contributed by atoms with van der Waals surface area (Å²) in [5.41, 5.74) is 0.690. The molecular weight excluding hydrogens is 244 g/mol. The Morgan fingerprint density at radius 1 is 1.75 bits per heavy atom. The van der Waals surface area contributed by atoms with E-state index >= 15 is 0 Å². The van der Waals surface area contributed by atoms with Crippen molar-refractivity contribution in [3.63, 3.8) is 0 Å². The van der Waals surface area contributed by atoms with Crippen LogP contribution in [0.25, 0.3) is 0 Å². The maximum absolute atomic E-state index is 8.94. The molecule has 6 heteroatoms. The van der Waals surface area contributed by atoms with Gasteiger partial charge in [-0.2, -0.15) is 0 Å². The van der Waals surface area contributed by atoms with E-state index in [9.17, 15) is 0 Å². The van der Waals surface area contributed by atoms with Crippen LogP contribution in [0.2, 0.25) is 0 Å². The number of hydrogen-bond donors (Lipinski definition) is 3. The monoisotopic (exact) mass is 260 g/mol. The summed E-state index contributed by atoms with van der Waals surface area (Å²) in [5.74, 6) is 6.28. The molecule has 0 bridgehead atoms. The molecule has 90 valence electrons. The molecule has 1 aliphatic rings. The Balaban J connectivity index is 2.40. The summed E-state index contributed by atoms with van der Waals surface area (Å²) in [5, 5.41) is 16.1. The second kappa shape index (κ2) is 7.85. The fourth-order valence-electron chi connectivity index (χ4n) is 1.43. The van der Waals surface area contributed by atoms with Gasteiger partial charge in [0.15, 0.2) is 0 Å². The van der Waals surface area contributed by atoms with Gasteiger partial charge in [0.25, 0.3) is 0 Å². The van der Waals surface area contributed by atoms with Gasteiger partial charge in [-0.25, -0.2) is 0 Å². The molecule has 16 heavy (non-hydrogen) atoms. The number of aliphatic hydroxyl groups excluding tert-OH is 1. The highest BCUT2D eigenvalue weighted by Gasteiger charge is 2.24. The first-order valence-electron chi connectivity index (χ1n) is 5.06. The van der Waals surface area contributed by atoms with Crippen LogP contribution >= 0.6 is 22.5 Å². The highest BCUT2D eigenvalue weighted by Crippen LogP contribution is 2.11. The van der Waals surface area contributed by atoms with E-state index in [1.54, 1.807) is 6.92 Å². The smallest absolute Gasteiger partial charge is 0.141 e. The summed E-state index contributed by atoms with van der Waals surface area (Å²) in [6.07, 6.45) is 0.802. The van der Waals surface area contributed by atoms with Crippen LogP contribution in [0, 0.1) is 11.8 Å². The zero-order valence-electron chi connectivity index (χ0n) is 9.14. The molecule has 0 spiro atoms. The number of hydrogen-bond acceptors (Lipinski definition) is 6. The van der Waals surface area contributed by atoms with Crippen LogP contribution in [0.4, 0.5) is 0 Å². The third-order valence-electron chi connectivity index (χ3n) is 2.18. The molecule has 2 N–H and O–H groups in total. The van der Waals surface area contributed by atoms with E-state index in [-0.39, 0.29) is 18.8 Å². The Morgan fingerprint density at radius 3 is 3.12 bits per heavy atom. The van der Waals surface area contributed by atoms with E-state index in [2.05, 4.69) is 34.0 Å². The Labute approximate surface area is 105 Å². The predicted molar refractivity (Wildman–Crippen MR) is 70.7 cm³/mol. The Bertz CT molecular complexity index is 299. The first kappa shape index (κ1) is 13.7. The van der Waals surface area contributed by atoms with Crippen molar-refractivity contribution in [2.75, 3.05) is 18.9 Å². The molecule has 0 saturated carbocycles. The van der Waals surface area contributed by atoms with Gasteiger partial charge in [0.1, 0.15) is 11.8 Å². The second-order valence-electron chi connectivity index (χ2n) is 3.44. The molecule has 0 aromatic carbocycles. The molecule has 1 saturated heterocycles. The van der Waals surface area contributed by atoms with Crippen molar-refractivity contribution in [2.24, 2.45) is 5.16 Å². The maximum atomic E-state index is 8.94. The Kier molecular flexibility index (Phi) is 6.73. The number of aliphatic hydroxyl groups is 1. The molecule has 0 radical (unpaired) electrons. The SMILES string of the molecule is CC#C/C(CSS)=N\O[C@@H]1CN[C@H](CO)C1. The number of rotatable bonds is 5. The van der Waals surface area contributed by atoms with Crippen molar-refractivity contribution in [3.8, 4) is 11.8 Å². The number of thiol groups is 1. The number of nitrogens with one attached hydrogen (secondary N) is 1. The summed E-state index contributed by atoms with van der Waals surface area (Å²) < 4.78 is 0. The minimum Gasteiger partial charge on any atom is -0.395 e. The summed E-state index contributed by atoms with van der Waals surface area (Å²) in [6.45, 7) is 2.62. The lowest BCUT2D eigenvalue weighted by Crippen LogP contribution is -2.24. The van der Waals surface area contributed by atoms with Crippen molar-refractivity contribution in [2.45, 2.75) is 25.5 Å². The van der Waals surface area contributed by atoms with Crippen molar-refractivity contribution < 1.29 is 9.94 Å². The highest BCUT2D eigenvalue weighted by atomic mass is 33.1. The van der Waals surface area contributed by atoms with Crippen LogP contribution in [0.3, 0.4) is 0 Å². The van der Waals surface area contributed by atoms with Gasteiger partial charge in [-0.3, -0.25) is 0 Å². The molecule has 1 aliphatic heterocycles. The fourth-order valence-corrected chi connectivity index (χ4v) is 2.04. The minimum atomic E-state index is 0.0238. The molecule has 0 unspecified atom stereocenters. The van der Waals surface area contributed by atoms with Gasteiger partial charge in [0, 0.05) is 19.0 Å². The van der Waals surface area contributed by atoms with Crippen LogP contribution in [-0.2, 0) is 4.84 Å². The summed E-state index contributed by atoms with van der Waals surface area (Å²) >= 11 is 4.05. The molecule has 0 aromatic rings. The van der Waals surface area contributed by atoms with Crippen molar-refractivity contribution in [1.29, 1.82) is 0 Å². The lowest BCUT2D eigenvalue weighted by molar-refractivity contribution is 0.0703. The van der Waals surface area contributed by atoms with Crippen LogP contribution in [0.5, 0.6) is 0 Å². The first-order chi connectivity index (χ1) is 7.80. The fraction of sp³-hybridized carbons (Fsp3) is 0.700. The zero-order valence-corrected chi connectivity index (χ0v) is 10.9. The van der Waals surface area contributed by atoms with E-state index in [1.807, 2.05) is 0 Å². The second-order valence-corrected chi connectivity index (χ2v) is 4.76. The van der Waals surface area contributed by atoms with Gasteiger partial charge in [-0.15, -0.1) is 11.7 Å². The topological polar surface area (TPSA) is 53.8 Å². The van der Waals surface area contributed by atoms with Gasteiger partial charge < -0.3 is 15.3 Å². The van der Waals surface area contributed by atoms with E-state index < -0.39 is 0 Å². The molecule has 0 amide bonds. The number of nitrogens with zero attached hydrogens (tertiary/aromatic N) is 1. The predicted octanol–water partition coefficient (Wildman–Crippen LogP) is 0.683. The third kappa shape index (κ3) is 4.66. The number of oxime groups is 1. The molecule has 0 aromatic heterocycles. The molecule has 0 aliphatic carbocycles. The standard InChI is InChI=1S/C10H16N2O2S2/c1-2-3-8(7-16-15)12-14-10-4-9(6-13)11-5-10/h9-11,13,15H,4-7H2,1H3/b12-8+/t9-,10-/m0/s1. The zero-order chi connectivity index (χ0) is 11.8. The van der Waals surface area contributed by atoms with Crippen LogP contribution in [0.15, 0.2) is 5.16 Å². The van der Waals surface area contributed by atoms with E-state index in [1.165, 1.54) is 10.8 Å².